The normalized spacial score (nSPS) is 16.0. The van der Waals surface area contributed by atoms with Crippen LogP contribution in [-0.4, -0.2) is 68.0 Å². The van der Waals surface area contributed by atoms with Crippen molar-refractivity contribution >= 4 is 39.6 Å². The molecule has 0 unspecified atom stereocenters. The van der Waals surface area contributed by atoms with Crippen LogP contribution in [0.15, 0.2) is 58.4 Å². The summed E-state index contributed by atoms with van der Waals surface area (Å²) in [5, 5.41) is 4.83. The molecule has 2 aliphatic heterocycles. The van der Waals surface area contributed by atoms with E-state index in [1.54, 1.807) is 17.1 Å². The Morgan fingerprint density at radius 1 is 1.25 bits per heavy atom. The lowest BCUT2D eigenvalue weighted by atomic mass is 10.0. The molecule has 40 heavy (non-hydrogen) atoms. The van der Waals surface area contributed by atoms with E-state index in [4.69, 9.17) is 10.5 Å². The number of amides is 1. The lowest BCUT2D eigenvalue weighted by Crippen LogP contribution is -2.32. The topological polar surface area (TPSA) is 105 Å². The van der Waals surface area contributed by atoms with Gasteiger partial charge in [0.2, 0.25) is 5.43 Å². The Kier molecular flexibility index (Phi) is 6.63. The number of hydrogen-bond donors (Lipinski definition) is 2. The molecule has 1 aromatic heterocycles. The first-order valence-electron chi connectivity index (χ1n) is 13.4. The van der Waals surface area contributed by atoms with Gasteiger partial charge in [-0.15, -0.1) is 0 Å². The predicted octanol–water partition coefficient (Wildman–Crippen LogP) is 3.64. The van der Waals surface area contributed by atoms with E-state index in [9.17, 15) is 9.59 Å². The van der Waals surface area contributed by atoms with Gasteiger partial charge in [-0.2, -0.15) is 0 Å². The zero-order valence-electron chi connectivity index (χ0n) is 22.5. The number of carbonyl (C=O) groups excluding carboxylic acids is 1. The fraction of sp³-hybridized carbons (Fsp3) is 0.300. The van der Waals surface area contributed by atoms with Crippen LogP contribution in [0.5, 0.6) is 11.5 Å². The second-order valence-corrected chi connectivity index (χ2v) is 10.5. The molecular formula is C30H31FN6O3. The van der Waals surface area contributed by atoms with Gasteiger partial charge in [0.25, 0.3) is 5.91 Å². The van der Waals surface area contributed by atoms with Crippen molar-refractivity contribution in [3.05, 3.63) is 70.3 Å². The summed E-state index contributed by atoms with van der Waals surface area (Å²) in [6, 6.07) is 12.8. The van der Waals surface area contributed by atoms with Gasteiger partial charge in [-0.3, -0.25) is 14.6 Å². The van der Waals surface area contributed by atoms with Gasteiger partial charge in [0, 0.05) is 52.5 Å². The third kappa shape index (κ3) is 4.54. The zero-order valence-corrected chi connectivity index (χ0v) is 22.5. The molecule has 6 rings (SSSR count). The lowest BCUT2D eigenvalue weighted by Gasteiger charge is -2.29. The lowest BCUT2D eigenvalue weighted by molar-refractivity contribution is 0.0952. The third-order valence-corrected chi connectivity index (χ3v) is 7.32. The molecule has 0 spiro atoms. The maximum Gasteiger partial charge on any atom is 0.256 e. The number of rotatable bonds is 7. The van der Waals surface area contributed by atoms with E-state index >= 15 is 4.39 Å². The number of ether oxygens (including phenoxy) is 1. The number of hydrogen-bond acceptors (Lipinski definition) is 6. The fourth-order valence-electron chi connectivity index (χ4n) is 5.43. The molecule has 3 aromatic carbocycles. The number of benzene rings is 3. The van der Waals surface area contributed by atoms with Crippen molar-refractivity contribution in [1.29, 1.82) is 0 Å². The highest BCUT2D eigenvalue weighted by Crippen LogP contribution is 2.48. The minimum atomic E-state index is -0.583. The van der Waals surface area contributed by atoms with E-state index in [1.807, 2.05) is 60.3 Å². The molecular weight excluding hydrogens is 511 g/mol. The molecule has 10 heteroatoms. The Labute approximate surface area is 230 Å². The summed E-state index contributed by atoms with van der Waals surface area (Å²) in [6.07, 6.45) is 4.59. The van der Waals surface area contributed by atoms with E-state index in [-0.39, 0.29) is 28.4 Å². The van der Waals surface area contributed by atoms with Gasteiger partial charge in [-0.05, 0) is 41.8 Å². The molecule has 0 saturated carbocycles. The van der Waals surface area contributed by atoms with Crippen molar-refractivity contribution in [2.45, 2.75) is 18.9 Å². The SMILES string of the molecule is CN(C)C=NCCCNC(=O)c1cn2c3c(c(N4CC[C@@H](N)C4)c(F)cc3c1=O)Oc1cc3ccccc3cc1-2. The van der Waals surface area contributed by atoms with E-state index in [2.05, 4.69) is 10.3 Å². The summed E-state index contributed by atoms with van der Waals surface area (Å²) in [5.41, 5.74) is 6.91. The second kappa shape index (κ2) is 10.3. The minimum Gasteiger partial charge on any atom is -0.451 e. The molecule has 1 atom stereocenters. The van der Waals surface area contributed by atoms with Gasteiger partial charge in [-0.1, -0.05) is 24.3 Å². The number of pyridine rings is 1. The first-order chi connectivity index (χ1) is 19.3. The first-order valence-corrected chi connectivity index (χ1v) is 13.4. The minimum absolute atomic E-state index is 0.0633. The summed E-state index contributed by atoms with van der Waals surface area (Å²) in [5.74, 6) is -0.329. The van der Waals surface area contributed by atoms with Crippen LogP contribution in [0, 0.1) is 5.82 Å². The molecule has 1 saturated heterocycles. The van der Waals surface area contributed by atoms with Crippen LogP contribution in [0.3, 0.4) is 0 Å². The number of aliphatic imine (C=N–C) groups is 1. The van der Waals surface area contributed by atoms with E-state index in [1.165, 1.54) is 6.07 Å². The van der Waals surface area contributed by atoms with Gasteiger partial charge in [-0.25, -0.2) is 4.39 Å². The van der Waals surface area contributed by atoms with E-state index in [0.717, 1.165) is 17.2 Å². The van der Waals surface area contributed by atoms with Crippen LogP contribution in [0.1, 0.15) is 23.2 Å². The van der Waals surface area contributed by atoms with E-state index in [0.29, 0.717) is 49.6 Å². The van der Waals surface area contributed by atoms with Crippen LogP contribution in [0.2, 0.25) is 0 Å². The van der Waals surface area contributed by atoms with Gasteiger partial charge < -0.3 is 30.2 Å². The molecule has 2 aliphatic rings. The number of anilines is 1. The van der Waals surface area contributed by atoms with Crippen LogP contribution in [-0.2, 0) is 0 Å². The zero-order chi connectivity index (χ0) is 28.0. The van der Waals surface area contributed by atoms with Crippen molar-refractivity contribution < 1.29 is 13.9 Å². The largest absolute Gasteiger partial charge is 0.451 e. The van der Waals surface area contributed by atoms with Crippen molar-refractivity contribution in [3.63, 3.8) is 0 Å². The summed E-state index contributed by atoms with van der Waals surface area (Å²) in [4.78, 5) is 34.8. The van der Waals surface area contributed by atoms with Crippen LogP contribution >= 0.6 is 0 Å². The maximum absolute atomic E-state index is 15.8. The first kappa shape index (κ1) is 25.8. The molecule has 9 nitrogen and oxygen atoms in total. The molecule has 3 heterocycles. The number of nitrogens with two attached hydrogens (primary N) is 1. The average Bonchev–Trinajstić information content (AvgIpc) is 3.36. The van der Waals surface area contributed by atoms with Gasteiger partial charge in [0.15, 0.2) is 17.3 Å². The van der Waals surface area contributed by atoms with Crippen molar-refractivity contribution in [1.82, 2.24) is 14.8 Å². The number of fused-ring (bicyclic) bond motifs is 3. The highest BCUT2D eigenvalue weighted by molar-refractivity contribution is 6.02. The Bertz CT molecular complexity index is 1730. The summed E-state index contributed by atoms with van der Waals surface area (Å²) in [7, 11) is 3.77. The van der Waals surface area contributed by atoms with Gasteiger partial charge in [0.1, 0.15) is 16.8 Å². The van der Waals surface area contributed by atoms with Gasteiger partial charge in [0.05, 0.1) is 17.4 Å². The van der Waals surface area contributed by atoms with Crippen LogP contribution < -0.4 is 26.1 Å². The van der Waals surface area contributed by atoms with Crippen molar-refractivity contribution in [2.75, 3.05) is 45.2 Å². The van der Waals surface area contributed by atoms with Crippen molar-refractivity contribution in [3.8, 4) is 17.2 Å². The number of nitrogens with one attached hydrogen (secondary N) is 1. The highest BCUT2D eigenvalue weighted by atomic mass is 19.1. The predicted molar refractivity (Wildman–Crippen MR) is 156 cm³/mol. The summed E-state index contributed by atoms with van der Waals surface area (Å²) in [6.45, 7) is 1.94. The average molecular weight is 543 g/mol. The van der Waals surface area contributed by atoms with Crippen LogP contribution in [0.25, 0.3) is 27.4 Å². The van der Waals surface area contributed by atoms with Crippen LogP contribution in [0.4, 0.5) is 10.1 Å². The number of halogens is 1. The molecule has 0 aliphatic carbocycles. The Morgan fingerprint density at radius 2 is 2.02 bits per heavy atom. The standard InChI is InChI=1S/C30H31FN6O3/c1-35(2)17-33-9-5-10-34-30(39)22-16-37-24-12-18-6-3-4-7-19(18)13-25(24)40-29-26(37)21(28(22)38)14-23(31)27(29)36-11-8-20(32)15-36/h3-4,6-7,12-14,16-17,20H,5,8-11,15,32H2,1-2H3,(H,34,39)/t20-/m1/s1. The second-order valence-electron chi connectivity index (χ2n) is 10.5. The molecule has 1 amide bonds. The molecule has 0 radical (unpaired) electrons. The number of carbonyl (C=O) groups is 1. The highest BCUT2D eigenvalue weighted by Gasteiger charge is 2.32. The third-order valence-electron chi connectivity index (χ3n) is 7.32. The number of nitrogens with zero attached hydrogens (tertiary/aromatic N) is 4. The summed E-state index contributed by atoms with van der Waals surface area (Å²) >= 11 is 0. The molecule has 0 bridgehead atoms. The molecule has 3 N–H and O–H groups in total. The Morgan fingerprint density at radius 3 is 2.75 bits per heavy atom. The fourth-order valence-corrected chi connectivity index (χ4v) is 5.43. The Hall–Kier alpha value is -4.44. The molecule has 206 valence electrons. The molecule has 1 fully saturated rings. The van der Waals surface area contributed by atoms with Gasteiger partial charge >= 0.3 is 0 Å². The van der Waals surface area contributed by atoms with Crippen molar-refractivity contribution in [2.24, 2.45) is 10.7 Å². The monoisotopic (exact) mass is 542 g/mol. The summed E-state index contributed by atoms with van der Waals surface area (Å²) < 4.78 is 24.0. The maximum atomic E-state index is 15.8. The smallest absolute Gasteiger partial charge is 0.256 e. The number of aromatic nitrogens is 1. The van der Waals surface area contributed by atoms with E-state index < -0.39 is 17.2 Å². The quantitative estimate of drug-likeness (QED) is 0.185. The Balaban J connectivity index is 1.48. The molecule has 4 aromatic rings.